The zero-order valence-corrected chi connectivity index (χ0v) is 20.1. The van der Waals surface area contributed by atoms with Crippen LogP contribution in [0.15, 0.2) is 47.4 Å². The van der Waals surface area contributed by atoms with Gasteiger partial charge in [0.2, 0.25) is 11.8 Å². The fourth-order valence-corrected chi connectivity index (χ4v) is 4.90. The molecule has 6 nitrogen and oxygen atoms in total. The van der Waals surface area contributed by atoms with Crippen LogP contribution in [-0.2, 0) is 9.59 Å². The molecular formula is C24H29ClN4O2S. The number of nitrogens with one attached hydrogen (secondary N) is 1. The van der Waals surface area contributed by atoms with Crippen molar-refractivity contribution in [2.24, 2.45) is 5.92 Å². The maximum absolute atomic E-state index is 13.1. The Bertz CT molecular complexity index is 976. The van der Waals surface area contributed by atoms with Crippen LogP contribution in [0.2, 0.25) is 5.02 Å². The van der Waals surface area contributed by atoms with Crippen LogP contribution < -0.4 is 15.1 Å². The minimum atomic E-state index is -0.397. The lowest BCUT2D eigenvalue weighted by atomic mass is 10.1. The van der Waals surface area contributed by atoms with E-state index in [-0.39, 0.29) is 18.2 Å². The average molecular weight is 473 g/mol. The second-order valence-corrected chi connectivity index (χ2v) is 9.49. The number of anilines is 3. The fraction of sp³-hybridized carbons (Fsp3) is 0.417. The van der Waals surface area contributed by atoms with Gasteiger partial charge >= 0.3 is 0 Å². The molecule has 0 spiro atoms. The van der Waals surface area contributed by atoms with Gasteiger partial charge < -0.3 is 20.0 Å². The number of halogens is 1. The summed E-state index contributed by atoms with van der Waals surface area (Å²) in [5.74, 6) is -0.562. The topological polar surface area (TPSA) is 55.9 Å². The number of piperazine rings is 1. The van der Waals surface area contributed by atoms with Crippen molar-refractivity contribution >= 4 is 52.2 Å². The van der Waals surface area contributed by atoms with E-state index >= 15 is 0 Å². The van der Waals surface area contributed by atoms with Gasteiger partial charge in [-0.15, -0.1) is 11.8 Å². The van der Waals surface area contributed by atoms with E-state index in [1.54, 1.807) is 22.7 Å². The lowest BCUT2D eigenvalue weighted by molar-refractivity contribution is -0.122. The first-order valence-electron chi connectivity index (χ1n) is 11.0. The minimum absolute atomic E-state index is 0.0240. The Labute approximate surface area is 198 Å². The van der Waals surface area contributed by atoms with Gasteiger partial charge in [0.25, 0.3) is 0 Å². The predicted octanol–water partition coefficient (Wildman–Crippen LogP) is 4.20. The summed E-state index contributed by atoms with van der Waals surface area (Å²) in [6.45, 7) is 7.40. The van der Waals surface area contributed by atoms with Crippen molar-refractivity contribution in [3.05, 3.63) is 47.5 Å². The summed E-state index contributed by atoms with van der Waals surface area (Å²) in [6.07, 6.45) is 2.23. The molecule has 2 aromatic rings. The number of nitrogens with zero attached hydrogens (tertiary/aromatic N) is 3. The SMILES string of the molecule is CCN1CCN(c2ccc(Cl)cc2NC(=O)C2CC(=O)N(c3ccc(SC)cc3)C2)CC1. The summed E-state index contributed by atoms with van der Waals surface area (Å²) in [4.78, 5) is 33.3. The van der Waals surface area contributed by atoms with Gasteiger partial charge in [0.05, 0.1) is 17.3 Å². The second kappa shape index (κ2) is 10.1. The number of rotatable bonds is 6. The molecule has 2 saturated heterocycles. The van der Waals surface area contributed by atoms with Crippen molar-refractivity contribution < 1.29 is 9.59 Å². The van der Waals surface area contributed by atoms with Crippen LogP contribution in [0.5, 0.6) is 0 Å². The maximum atomic E-state index is 13.1. The number of likely N-dealkylation sites (N-methyl/N-ethyl adjacent to an activating group) is 1. The molecule has 1 atom stereocenters. The number of carbonyl (C=O) groups excluding carboxylic acids is 2. The van der Waals surface area contributed by atoms with Gasteiger partial charge in [-0.05, 0) is 55.3 Å². The molecule has 2 aliphatic rings. The molecule has 0 radical (unpaired) electrons. The molecule has 0 aromatic heterocycles. The van der Waals surface area contributed by atoms with E-state index in [0.29, 0.717) is 17.3 Å². The molecule has 0 saturated carbocycles. The summed E-state index contributed by atoms with van der Waals surface area (Å²) in [5.41, 5.74) is 2.52. The number of hydrogen-bond donors (Lipinski definition) is 1. The average Bonchev–Trinajstić information content (AvgIpc) is 3.21. The summed E-state index contributed by atoms with van der Waals surface area (Å²) < 4.78 is 0. The third-order valence-corrected chi connectivity index (χ3v) is 7.24. The Kier molecular flexibility index (Phi) is 7.28. The third-order valence-electron chi connectivity index (χ3n) is 6.26. The molecular weight excluding hydrogens is 444 g/mol. The second-order valence-electron chi connectivity index (χ2n) is 8.18. The lowest BCUT2D eigenvalue weighted by Gasteiger charge is -2.36. The first-order chi connectivity index (χ1) is 15.5. The first-order valence-corrected chi connectivity index (χ1v) is 12.6. The normalized spacial score (nSPS) is 19.5. The standard InChI is InChI=1S/C24H29ClN4O2S/c1-3-27-10-12-28(13-11-27)22-9-4-18(25)15-21(22)26-24(31)17-14-23(30)29(16-17)19-5-7-20(32-2)8-6-19/h4-9,15,17H,3,10-14,16H2,1-2H3,(H,26,31). The predicted molar refractivity (Wildman–Crippen MR) is 133 cm³/mol. The highest BCUT2D eigenvalue weighted by Crippen LogP contribution is 2.32. The van der Waals surface area contributed by atoms with Gasteiger partial charge in [-0.3, -0.25) is 9.59 Å². The Balaban J connectivity index is 1.46. The molecule has 0 aliphatic carbocycles. The fourth-order valence-electron chi connectivity index (χ4n) is 4.32. The van der Waals surface area contributed by atoms with E-state index in [1.807, 2.05) is 42.7 Å². The van der Waals surface area contributed by atoms with E-state index in [2.05, 4.69) is 22.0 Å². The number of thioether (sulfide) groups is 1. The van der Waals surface area contributed by atoms with Crippen LogP contribution in [0.4, 0.5) is 17.1 Å². The van der Waals surface area contributed by atoms with E-state index in [0.717, 1.165) is 49.0 Å². The largest absolute Gasteiger partial charge is 0.367 e. The highest BCUT2D eigenvalue weighted by atomic mass is 35.5. The molecule has 4 rings (SSSR count). The van der Waals surface area contributed by atoms with Crippen LogP contribution in [0.25, 0.3) is 0 Å². The van der Waals surface area contributed by atoms with Crippen LogP contribution in [0, 0.1) is 5.92 Å². The Morgan fingerprint density at radius 1 is 1.12 bits per heavy atom. The third kappa shape index (κ3) is 5.05. The monoisotopic (exact) mass is 472 g/mol. The zero-order chi connectivity index (χ0) is 22.7. The van der Waals surface area contributed by atoms with E-state index < -0.39 is 5.92 Å². The van der Waals surface area contributed by atoms with E-state index in [9.17, 15) is 9.59 Å². The molecule has 2 amide bonds. The first kappa shape index (κ1) is 23.0. The van der Waals surface area contributed by atoms with Crippen molar-refractivity contribution in [1.82, 2.24) is 4.90 Å². The van der Waals surface area contributed by atoms with Crippen molar-refractivity contribution in [1.29, 1.82) is 0 Å². The van der Waals surface area contributed by atoms with E-state index in [1.165, 1.54) is 0 Å². The van der Waals surface area contributed by atoms with Crippen LogP contribution in [0.1, 0.15) is 13.3 Å². The number of hydrogen-bond acceptors (Lipinski definition) is 5. The molecule has 2 aromatic carbocycles. The van der Waals surface area contributed by atoms with Gasteiger partial charge in [0, 0.05) is 54.8 Å². The molecule has 2 fully saturated rings. The van der Waals surface area contributed by atoms with E-state index in [4.69, 9.17) is 11.6 Å². The van der Waals surface area contributed by atoms with Gasteiger partial charge in [-0.25, -0.2) is 0 Å². The summed E-state index contributed by atoms with van der Waals surface area (Å²) in [5, 5.41) is 3.64. The van der Waals surface area contributed by atoms with Gasteiger partial charge in [0.1, 0.15) is 0 Å². The Hall–Kier alpha value is -2.22. The van der Waals surface area contributed by atoms with Crippen molar-refractivity contribution in [3.63, 3.8) is 0 Å². The van der Waals surface area contributed by atoms with Gasteiger partial charge in [-0.1, -0.05) is 18.5 Å². The number of amides is 2. The minimum Gasteiger partial charge on any atom is -0.367 e. The number of benzene rings is 2. The summed E-state index contributed by atoms with van der Waals surface area (Å²) in [7, 11) is 0. The highest BCUT2D eigenvalue weighted by molar-refractivity contribution is 7.98. The molecule has 8 heteroatoms. The number of carbonyl (C=O) groups is 2. The molecule has 1 unspecified atom stereocenters. The molecule has 2 aliphatic heterocycles. The molecule has 1 N–H and O–H groups in total. The zero-order valence-electron chi connectivity index (χ0n) is 18.5. The smallest absolute Gasteiger partial charge is 0.229 e. The van der Waals surface area contributed by atoms with Crippen molar-refractivity contribution in [2.75, 3.05) is 60.6 Å². The van der Waals surface area contributed by atoms with Crippen LogP contribution in [-0.4, -0.2) is 62.2 Å². The van der Waals surface area contributed by atoms with Gasteiger partial charge in [0.15, 0.2) is 0 Å². The Morgan fingerprint density at radius 3 is 2.50 bits per heavy atom. The lowest BCUT2D eigenvalue weighted by Crippen LogP contribution is -2.46. The van der Waals surface area contributed by atoms with Crippen molar-refractivity contribution in [3.8, 4) is 0 Å². The molecule has 32 heavy (non-hydrogen) atoms. The summed E-state index contributed by atoms with van der Waals surface area (Å²) in [6, 6.07) is 13.5. The molecule has 170 valence electrons. The Morgan fingerprint density at radius 2 is 1.84 bits per heavy atom. The summed E-state index contributed by atoms with van der Waals surface area (Å²) >= 11 is 7.91. The van der Waals surface area contributed by atoms with Crippen molar-refractivity contribution in [2.45, 2.75) is 18.2 Å². The van der Waals surface area contributed by atoms with Gasteiger partial charge in [-0.2, -0.15) is 0 Å². The molecule has 0 bridgehead atoms. The highest BCUT2D eigenvalue weighted by Gasteiger charge is 2.35. The maximum Gasteiger partial charge on any atom is 0.229 e. The van der Waals surface area contributed by atoms with Crippen LogP contribution >= 0.6 is 23.4 Å². The molecule has 2 heterocycles. The van der Waals surface area contributed by atoms with Crippen LogP contribution in [0.3, 0.4) is 0 Å². The quantitative estimate of drug-likeness (QED) is 0.639.